The number of aromatic nitrogens is 1. The van der Waals surface area contributed by atoms with E-state index in [1.807, 2.05) is 24.3 Å². The lowest BCUT2D eigenvalue weighted by Crippen LogP contribution is -2.49. The van der Waals surface area contributed by atoms with E-state index in [0.717, 1.165) is 36.4 Å². The van der Waals surface area contributed by atoms with Crippen molar-refractivity contribution in [2.24, 2.45) is 0 Å². The molecule has 150 valence electrons. The molecule has 0 spiro atoms. The maximum atomic E-state index is 11.4. The topological polar surface area (TPSA) is 58.4 Å². The molecule has 0 aliphatic carbocycles. The molecule has 0 radical (unpaired) electrons. The van der Waals surface area contributed by atoms with Gasteiger partial charge < -0.3 is 9.73 Å². The molecule has 1 amide bonds. The third-order valence-electron chi connectivity index (χ3n) is 6.37. The van der Waals surface area contributed by atoms with Gasteiger partial charge in [-0.05, 0) is 48.9 Å². The molecule has 29 heavy (non-hydrogen) atoms. The Kier molecular flexibility index (Phi) is 4.84. The minimum Gasteiger partial charge on any atom is -0.440 e. The summed E-state index contributed by atoms with van der Waals surface area (Å²) in [4.78, 5) is 18.6. The van der Waals surface area contributed by atoms with Crippen molar-refractivity contribution in [3.05, 3.63) is 65.5 Å². The fraction of sp³-hybridized carbons (Fsp3) is 0.417. The average Bonchev–Trinajstić information content (AvgIpc) is 3.20. The highest BCUT2D eigenvalue weighted by Gasteiger charge is 2.40. The predicted octanol–water partition coefficient (Wildman–Crippen LogP) is 4.05. The minimum atomic E-state index is 0.0948. The molecule has 1 aromatic heterocycles. The molecule has 0 saturated carbocycles. The zero-order chi connectivity index (χ0) is 19.8. The van der Waals surface area contributed by atoms with Crippen LogP contribution >= 0.6 is 0 Å². The third kappa shape index (κ3) is 3.92. The zero-order valence-corrected chi connectivity index (χ0v) is 16.8. The van der Waals surface area contributed by atoms with Crippen LogP contribution in [0.2, 0.25) is 0 Å². The molecule has 2 aliphatic heterocycles. The van der Waals surface area contributed by atoms with Crippen LogP contribution in [0.15, 0.2) is 52.9 Å². The number of nitrogens with zero attached hydrogens (tertiary/aromatic N) is 2. The van der Waals surface area contributed by atoms with Crippen LogP contribution in [0.5, 0.6) is 0 Å². The molecule has 2 aromatic carbocycles. The van der Waals surface area contributed by atoms with Gasteiger partial charge in [0.1, 0.15) is 5.52 Å². The predicted molar refractivity (Wildman–Crippen MR) is 112 cm³/mol. The molecule has 1 unspecified atom stereocenters. The number of benzene rings is 2. The van der Waals surface area contributed by atoms with Gasteiger partial charge in [-0.15, -0.1) is 0 Å². The van der Waals surface area contributed by atoms with Crippen LogP contribution in [0.4, 0.5) is 0 Å². The molecule has 3 aromatic rings. The minimum absolute atomic E-state index is 0.0948. The molecule has 5 nitrogen and oxygen atoms in total. The van der Waals surface area contributed by atoms with Crippen LogP contribution in [0.3, 0.4) is 0 Å². The number of rotatable bonds is 5. The first-order chi connectivity index (χ1) is 14.1. The van der Waals surface area contributed by atoms with E-state index in [9.17, 15) is 4.79 Å². The fourth-order valence-corrected chi connectivity index (χ4v) is 5.08. The Bertz CT molecular complexity index is 963. The van der Waals surface area contributed by atoms with Crippen LogP contribution < -0.4 is 5.32 Å². The first-order valence-electron chi connectivity index (χ1n) is 10.6. The van der Waals surface area contributed by atoms with Crippen molar-refractivity contribution in [1.29, 1.82) is 0 Å². The van der Waals surface area contributed by atoms with Gasteiger partial charge in [-0.3, -0.25) is 9.69 Å². The Hall–Kier alpha value is -2.66. The summed E-state index contributed by atoms with van der Waals surface area (Å²) in [6.45, 7) is 2.61. The van der Waals surface area contributed by atoms with E-state index in [4.69, 9.17) is 4.42 Å². The summed E-state index contributed by atoms with van der Waals surface area (Å²) in [6.07, 6.45) is 5.35. The molecule has 2 fully saturated rings. The van der Waals surface area contributed by atoms with E-state index in [1.54, 1.807) is 6.92 Å². The molecular formula is C24H27N3O2. The van der Waals surface area contributed by atoms with Crippen molar-refractivity contribution >= 4 is 17.0 Å². The molecule has 5 rings (SSSR count). The van der Waals surface area contributed by atoms with Gasteiger partial charge in [-0.25, -0.2) is 4.98 Å². The van der Waals surface area contributed by atoms with Gasteiger partial charge in [-0.2, -0.15) is 0 Å². The van der Waals surface area contributed by atoms with Crippen LogP contribution in [0, 0.1) is 0 Å². The first kappa shape index (κ1) is 18.4. The quantitative estimate of drug-likeness (QED) is 0.715. The van der Waals surface area contributed by atoms with Crippen molar-refractivity contribution in [2.45, 2.75) is 63.7 Å². The van der Waals surface area contributed by atoms with E-state index in [2.05, 4.69) is 39.5 Å². The third-order valence-corrected chi connectivity index (χ3v) is 6.37. The number of nitrogens with one attached hydrogen (secondary N) is 1. The van der Waals surface area contributed by atoms with E-state index < -0.39 is 0 Å². The number of carbonyl (C=O) groups is 1. The van der Waals surface area contributed by atoms with Gasteiger partial charge >= 0.3 is 0 Å². The highest BCUT2D eigenvalue weighted by atomic mass is 16.3. The van der Waals surface area contributed by atoms with Crippen molar-refractivity contribution in [1.82, 2.24) is 15.2 Å². The lowest BCUT2D eigenvalue weighted by atomic mass is 9.96. The fourth-order valence-electron chi connectivity index (χ4n) is 5.08. The molecule has 5 heteroatoms. The zero-order valence-electron chi connectivity index (χ0n) is 16.8. The van der Waals surface area contributed by atoms with Gasteiger partial charge in [0.15, 0.2) is 11.5 Å². The number of amides is 1. The van der Waals surface area contributed by atoms with Gasteiger partial charge in [-0.1, -0.05) is 36.4 Å². The summed E-state index contributed by atoms with van der Waals surface area (Å²) in [5, 5.41) is 3.13. The highest BCUT2D eigenvalue weighted by molar-refractivity contribution is 5.73. The smallest absolute Gasteiger partial charge is 0.217 e. The van der Waals surface area contributed by atoms with Crippen LogP contribution in [-0.4, -0.2) is 33.9 Å². The molecule has 2 aliphatic rings. The van der Waals surface area contributed by atoms with E-state index in [0.29, 0.717) is 24.5 Å². The van der Waals surface area contributed by atoms with Gasteiger partial charge in [0, 0.05) is 38.0 Å². The number of hydrogen-bond donors (Lipinski definition) is 1. The number of fused-ring (bicyclic) bond motifs is 3. The van der Waals surface area contributed by atoms with Crippen molar-refractivity contribution in [3.63, 3.8) is 0 Å². The van der Waals surface area contributed by atoms with Gasteiger partial charge in [0.05, 0.1) is 0 Å². The highest BCUT2D eigenvalue weighted by Crippen LogP contribution is 2.36. The average molecular weight is 389 g/mol. The maximum absolute atomic E-state index is 11.4. The van der Waals surface area contributed by atoms with Crippen LogP contribution in [-0.2, 0) is 17.8 Å². The van der Waals surface area contributed by atoms with Crippen molar-refractivity contribution in [3.8, 4) is 0 Å². The second-order valence-electron chi connectivity index (χ2n) is 8.49. The number of carbonyl (C=O) groups excluding carboxylic acids is 1. The Morgan fingerprint density at radius 1 is 1.07 bits per heavy atom. The summed E-state index contributed by atoms with van der Waals surface area (Å²) in [6, 6.07) is 18.3. The number of piperidine rings is 1. The lowest BCUT2D eigenvalue weighted by molar-refractivity contribution is -0.120. The summed E-state index contributed by atoms with van der Waals surface area (Å²) >= 11 is 0. The first-order valence-corrected chi connectivity index (χ1v) is 10.6. The lowest BCUT2D eigenvalue weighted by Gasteiger charge is -2.39. The summed E-state index contributed by atoms with van der Waals surface area (Å²) in [5.41, 5.74) is 4.32. The van der Waals surface area contributed by atoms with E-state index >= 15 is 0 Å². The molecule has 3 heterocycles. The van der Waals surface area contributed by atoms with E-state index in [1.165, 1.54) is 24.0 Å². The molecule has 2 saturated heterocycles. The van der Waals surface area contributed by atoms with E-state index in [-0.39, 0.29) is 5.91 Å². The summed E-state index contributed by atoms with van der Waals surface area (Å²) in [5.74, 6) is 0.856. The Morgan fingerprint density at radius 2 is 1.76 bits per heavy atom. The van der Waals surface area contributed by atoms with Crippen molar-refractivity contribution < 1.29 is 9.21 Å². The van der Waals surface area contributed by atoms with Gasteiger partial charge in [0.25, 0.3) is 0 Å². The van der Waals surface area contributed by atoms with Gasteiger partial charge in [0.2, 0.25) is 5.91 Å². The SMILES string of the molecule is CC(=O)N[C@H]1CC2CC[C@@H](C1)N2Cc1ccc(Cc2nc3ccccc3o2)cc1. The Balaban J connectivity index is 1.22. The second kappa shape index (κ2) is 7.64. The van der Waals surface area contributed by atoms with Crippen LogP contribution in [0.1, 0.15) is 49.6 Å². The molecule has 3 atom stereocenters. The summed E-state index contributed by atoms with van der Waals surface area (Å²) in [7, 11) is 0. The number of hydrogen-bond acceptors (Lipinski definition) is 4. The molecular weight excluding hydrogens is 362 g/mol. The standard InChI is InChI=1S/C24H27N3O2/c1-16(28)25-19-13-20-10-11-21(14-19)27(20)15-18-8-6-17(7-9-18)12-24-26-22-4-2-3-5-23(22)29-24/h2-9,19-21H,10-15H2,1H3,(H,25,28)/t19-,20+,21?/m1/s1. The monoisotopic (exact) mass is 389 g/mol. The maximum Gasteiger partial charge on any atom is 0.217 e. The summed E-state index contributed by atoms with van der Waals surface area (Å²) < 4.78 is 5.85. The van der Waals surface area contributed by atoms with Crippen LogP contribution in [0.25, 0.3) is 11.1 Å². The molecule has 1 N–H and O–H groups in total. The molecule has 2 bridgehead atoms. The van der Waals surface area contributed by atoms with Crippen molar-refractivity contribution in [2.75, 3.05) is 0 Å². The number of para-hydroxylation sites is 2. The Morgan fingerprint density at radius 3 is 2.45 bits per heavy atom. The number of oxazole rings is 1. The Labute approximate surface area is 171 Å². The second-order valence-corrected chi connectivity index (χ2v) is 8.49. The largest absolute Gasteiger partial charge is 0.440 e. The normalized spacial score (nSPS) is 24.1.